The van der Waals surface area contributed by atoms with Crippen molar-refractivity contribution in [2.24, 2.45) is 40.4 Å². The van der Waals surface area contributed by atoms with Crippen molar-refractivity contribution in [3.8, 4) is 0 Å². The van der Waals surface area contributed by atoms with Gasteiger partial charge in [-0.25, -0.2) is 0 Å². The third kappa shape index (κ3) is 2.08. The maximum atomic E-state index is 11.8. The number of aliphatic hydroxyl groups excluding tert-OH is 2. The first-order chi connectivity index (χ1) is 11.3. The maximum Gasteiger partial charge on any atom is 0.307 e. The van der Waals surface area contributed by atoms with Gasteiger partial charge in [-0.15, -0.1) is 0 Å². The van der Waals surface area contributed by atoms with Crippen molar-refractivity contribution in [2.75, 3.05) is 0 Å². The summed E-state index contributed by atoms with van der Waals surface area (Å²) in [5.74, 6) is 0.840. The molecule has 0 aliphatic heterocycles. The second-order valence-corrected chi connectivity index (χ2v) is 9.67. The Kier molecular flexibility index (Phi) is 3.82. The van der Waals surface area contributed by atoms with E-state index in [1.165, 1.54) is 0 Å². The molecule has 4 saturated carbocycles. The standard InChI is InChI=1S/C20H32O4/c1-19-8-7-12(21)9-11(19)3-4-13-14-5-6-15(18(23)24)20(14,2)17(22)10-16(13)19/h11-17,21-22H,3-10H2,1-2H3,(H,23,24)/t11-,12+,13+,14+,15-,16+,17+,19+,20+/m1/s1. The summed E-state index contributed by atoms with van der Waals surface area (Å²) in [5.41, 5.74) is -0.240. The molecule has 0 amide bonds. The molecule has 0 radical (unpaired) electrons. The molecule has 4 nitrogen and oxygen atoms in total. The minimum Gasteiger partial charge on any atom is -0.481 e. The lowest BCUT2D eigenvalue weighted by molar-refractivity contribution is -0.180. The Morgan fingerprint density at radius 2 is 1.71 bits per heavy atom. The van der Waals surface area contributed by atoms with Crippen LogP contribution in [0.5, 0.6) is 0 Å². The van der Waals surface area contributed by atoms with Gasteiger partial charge in [0.15, 0.2) is 0 Å². The minimum atomic E-state index is -0.724. The number of carbonyl (C=O) groups is 1. The van der Waals surface area contributed by atoms with Gasteiger partial charge in [0, 0.05) is 5.41 Å². The van der Waals surface area contributed by atoms with Crippen LogP contribution in [0.3, 0.4) is 0 Å². The lowest BCUT2D eigenvalue weighted by atomic mass is 9.44. The van der Waals surface area contributed by atoms with Gasteiger partial charge in [0.1, 0.15) is 0 Å². The first-order valence-electron chi connectivity index (χ1n) is 9.87. The van der Waals surface area contributed by atoms with E-state index < -0.39 is 23.4 Å². The molecule has 0 heterocycles. The third-order valence-electron chi connectivity index (χ3n) is 9.04. The first kappa shape index (κ1) is 16.8. The number of aliphatic hydroxyl groups is 2. The Hall–Kier alpha value is -0.610. The Labute approximate surface area is 144 Å². The molecule has 3 N–H and O–H groups in total. The van der Waals surface area contributed by atoms with E-state index in [1.54, 1.807) is 0 Å². The lowest BCUT2D eigenvalue weighted by Crippen LogP contribution is -2.59. The molecule has 4 heteroatoms. The molecular weight excluding hydrogens is 304 g/mol. The van der Waals surface area contributed by atoms with Gasteiger partial charge in [-0.1, -0.05) is 13.8 Å². The summed E-state index contributed by atoms with van der Waals surface area (Å²) in [5, 5.41) is 30.8. The van der Waals surface area contributed by atoms with E-state index in [4.69, 9.17) is 0 Å². The molecule has 4 rings (SSSR count). The number of fused-ring (bicyclic) bond motifs is 5. The molecule has 0 unspecified atom stereocenters. The van der Waals surface area contributed by atoms with Crippen LogP contribution in [0.15, 0.2) is 0 Å². The topological polar surface area (TPSA) is 77.8 Å². The van der Waals surface area contributed by atoms with Crippen molar-refractivity contribution in [3.63, 3.8) is 0 Å². The van der Waals surface area contributed by atoms with Crippen LogP contribution < -0.4 is 0 Å². The molecule has 0 saturated heterocycles. The largest absolute Gasteiger partial charge is 0.481 e. The van der Waals surface area contributed by atoms with Gasteiger partial charge in [-0.3, -0.25) is 4.79 Å². The summed E-state index contributed by atoms with van der Waals surface area (Å²) >= 11 is 0. The van der Waals surface area contributed by atoms with Crippen molar-refractivity contribution in [1.82, 2.24) is 0 Å². The predicted octanol–water partition coefficient (Wildman–Crippen LogP) is 3.06. The van der Waals surface area contributed by atoms with Crippen molar-refractivity contribution in [3.05, 3.63) is 0 Å². The van der Waals surface area contributed by atoms with Crippen molar-refractivity contribution in [2.45, 2.75) is 77.4 Å². The van der Waals surface area contributed by atoms with E-state index in [0.29, 0.717) is 23.7 Å². The fourth-order valence-electron chi connectivity index (χ4n) is 7.61. The van der Waals surface area contributed by atoms with E-state index in [2.05, 4.69) is 6.92 Å². The van der Waals surface area contributed by atoms with Crippen molar-refractivity contribution in [1.29, 1.82) is 0 Å². The Balaban J connectivity index is 1.66. The highest BCUT2D eigenvalue weighted by atomic mass is 16.4. The molecule has 0 aromatic carbocycles. The molecule has 0 spiro atoms. The molecule has 4 aliphatic rings. The van der Waals surface area contributed by atoms with Gasteiger partial charge >= 0.3 is 5.97 Å². The number of aliphatic carboxylic acids is 1. The monoisotopic (exact) mass is 336 g/mol. The highest BCUT2D eigenvalue weighted by Gasteiger charge is 2.64. The smallest absolute Gasteiger partial charge is 0.307 e. The molecule has 4 fully saturated rings. The second-order valence-electron chi connectivity index (χ2n) is 9.67. The van der Waals surface area contributed by atoms with Gasteiger partial charge in [-0.2, -0.15) is 0 Å². The quantitative estimate of drug-likeness (QED) is 0.688. The molecule has 136 valence electrons. The van der Waals surface area contributed by atoms with E-state index in [9.17, 15) is 20.1 Å². The normalized spacial score (nSPS) is 56.9. The minimum absolute atomic E-state index is 0.152. The molecule has 0 bridgehead atoms. The van der Waals surface area contributed by atoms with Crippen LogP contribution in [-0.4, -0.2) is 33.5 Å². The van der Waals surface area contributed by atoms with Crippen LogP contribution >= 0.6 is 0 Å². The number of rotatable bonds is 1. The van der Waals surface area contributed by atoms with Crippen LogP contribution in [0.1, 0.15) is 65.2 Å². The van der Waals surface area contributed by atoms with Gasteiger partial charge < -0.3 is 15.3 Å². The zero-order valence-electron chi connectivity index (χ0n) is 14.9. The third-order valence-corrected chi connectivity index (χ3v) is 9.04. The summed E-state index contributed by atoms with van der Waals surface area (Å²) < 4.78 is 0. The van der Waals surface area contributed by atoms with E-state index in [-0.39, 0.29) is 11.5 Å². The van der Waals surface area contributed by atoms with Crippen LogP contribution in [-0.2, 0) is 4.79 Å². The van der Waals surface area contributed by atoms with Gasteiger partial charge in [0.05, 0.1) is 18.1 Å². The summed E-state index contributed by atoms with van der Waals surface area (Å²) in [6.45, 7) is 4.43. The fraction of sp³-hybridized carbons (Fsp3) is 0.950. The average molecular weight is 336 g/mol. The van der Waals surface area contributed by atoms with Gasteiger partial charge in [-0.05, 0) is 80.5 Å². The predicted molar refractivity (Wildman–Crippen MR) is 90.2 cm³/mol. The molecular formula is C20H32O4. The molecule has 9 atom stereocenters. The summed E-state index contributed by atoms with van der Waals surface area (Å²) in [4.78, 5) is 11.8. The lowest BCUT2D eigenvalue weighted by Gasteiger charge is -2.61. The van der Waals surface area contributed by atoms with E-state index in [0.717, 1.165) is 51.4 Å². The van der Waals surface area contributed by atoms with Crippen LogP contribution in [0.4, 0.5) is 0 Å². The molecule has 0 aromatic heterocycles. The zero-order chi connectivity index (χ0) is 17.3. The van der Waals surface area contributed by atoms with Gasteiger partial charge in [0.25, 0.3) is 0 Å². The molecule has 24 heavy (non-hydrogen) atoms. The average Bonchev–Trinajstić information content (AvgIpc) is 2.88. The summed E-state index contributed by atoms with van der Waals surface area (Å²) in [6.07, 6.45) is 6.93. The Morgan fingerprint density at radius 1 is 0.958 bits per heavy atom. The van der Waals surface area contributed by atoms with E-state index in [1.807, 2.05) is 6.92 Å². The first-order valence-corrected chi connectivity index (χ1v) is 9.87. The van der Waals surface area contributed by atoms with Crippen LogP contribution in [0.25, 0.3) is 0 Å². The SMILES string of the molecule is C[C@]12CC[C@H](O)C[C@H]1CC[C@@H]1[C@@H]2C[C@H](O)[C@]2(C)[C@@H](C(=O)O)CC[C@@H]12. The molecule has 4 aliphatic carbocycles. The number of hydrogen-bond acceptors (Lipinski definition) is 3. The number of carboxylic acid groups (broad SMARTS) is 1. The molecule has 0 aromatic rings. The summed E-state index contributed by atoms with van der Waals surface area (Å²) in [7, 11) is 0. The summed E-state index contributed by atoms with van der Waals surface area (Å²) in [6, 6.07) is 0. The van der Waals surface area contributed by atoms with Crippen molar-refractivity contribution >= 4 is 5.97 Å². The number of carboxylic acids is 1. The van der Waals surface area contributed by atoms with Crippen LogP contribution in [0, 0.1) is 40.4 Å². The van der Waals surface area contributed by atoms with E-state index >= 15 is 0 Å². The Bertz CT molecular complexity index is 534. The second kappa shape index (κ2) is 5.44. The number of hydrogen-bond donors (Lipinski definition) is 3. The maximum absolute atomic E-state index is 11.8. The van der Waals surface area contributed by atoms with Gasteiger partial charge in [0.2, 0.25) is 0 Å². The fourth-order valence-corrected chi connectivity index (χ4v) is 7.61. The Morgan fingerprint density at radius 3 is 2.42 bits per heavy atom. The van der Waals surface area contributed by atoms with Crippen molar-refractivity contribution < 1.29 is 20.1 Å². The van der Waals surface area contributed by atoms with Crippen LogP contribution in [0.2, 0.25) is 0 Å². The zero-order valence-corrected chi connectivity index (χ0v) is 14.9. The highest BCUT2D eigenvalue weighted by Crippen LogP contribution is 2.67. The highest BCUT2D eigenvalue weighted by molar-refractivity contribution is 5.71.